The number of amides is 1. The second kappa shape index (κ2) is 4.68. The Hall–Kier alpha value is -1.72. The molecule has 0 saturated heterocycles. The average molecular weight is 284 g/mol. The van der Waals surface area contributed by atoms with E-state index in [4.69, 9.17) is 0 Å². The van der Waals surface area contributed by atoms with Crippen LogP contribution < -0.4 is 5.32 Å². The number of alkyl halides is 3. The molecule has 2 aliphatic rings. The van der Waals surface area contributed by atoms with Crippen molar-refractivity contribution in [1.29, 1.82) is 0 Å². The van der Waals surface area contributed by atoms with Crippen LogP contribution in [-0.2, 0) is 11.2 Å². The van der Waals surface area contributed by atoms with E-state index in [1.807, 2.05) is 24.3 Å². The number of nitrogens with zero attached hydrogens (tertiary/aromatic N) is 1. The van der Waals surface area contributed by atoms with Gasteiger partial charge in [0.05, 0.1) is 0 Å². The van der Waals surface area contributed by atoms with Crippen LogP contribution in [0, 0.1) is 0 Å². The van der Waals surface area contributed by atoms with Crippen molar-refractivity contribution in [2.24, 2.45) is 0 Å². The van der Waals surface area contributed by atoms with E-state index in [1.54, 1.807) is 0 Å². The van der Waals surface area contributed by atoms with Crippen molar-refractivity contribution in [3.63, 3.8) is 0 Å². The molecule has 0 bridgehead atoms. The normalized spacial score (nSPS) is 21.2. The summed E-state index contributed by atoms with van der Waals surface area (Å²) in [6.07, 6.45) is -2.55. The predicted molar refractivity (Wildman–Crippen MR) is 68.3 cm³/mol. The predicted octanol–water partition coefficient (Wildman–Crippen LogP) is 2.58. The standard InChI is InChI=1S/C14H15F3N2O/c15-14(16,17)8-19(10-5-6-10)13(20)12-7-9-3-1-2-4-11(9)18-12/h1-4,10,12,18H,5-8H2/t12-/m0/s1. The molecule has 1 aliphatic carbocycles. The second-order valence-corrected chi connectivity index (χ2v) is 5.37. The van der Waals surface area contributed by atoms with E-state index < -0.39 is 24.7 Å². The number of anilines is 1. The van der Waals surface area contributed by atoms with E-state index in [2.05, 4.69) is 5.32 Å². The van der Waals surface area contributed by atoms with Crippen LogP contribution in [0.15, 0.2) is 24.3 Å². The van der Waals surface area contributed by atoms with Crippen LogP contribution in [0.25, 0.3) is 0 Å². The van der Waals surface area contributed by atoms with Gasteiger partial charge in [-0.05, 0) is 24.5 Å². The molecule has 0 radical (unpaired) electrons. The Morgan fingerprint density at radius 2 is 2.00 bits per heavy atom. The number of halogens is 3. The molecule has 108 valence electrons. The lowest BCUT2D eigenvalue weighted by Crippen LogP contribution is -2.47. The summed E-state index contributed by atoms with van der Waals surface area (Å²) >= 11 is 0. The van der Waals surface area contributed by atoms with E-state index in [1.165, 1.54) is 0 Å². The molecule has 1 aliphatic heterocycles. The summed E-state index contributed by atoms with van der Waals surface area (Å²) in [5, 5.41) is 3.02. The first kappa shape index (κ1) is 13.3. The van der Waals surface area contributed by atoms with Gasteiger partial charge < -0.3 is 10.2 Å². The summed E-state index contributed by atoms with van der Waals surface area (Å²) in [4.78, 5) is 13.3. The van der Waals surface area contributed by atoms with E-state index in [9.17, 15) is 18.0 Å². The number of carbonyl (C=O) groups excluding carboxylic acids is 1. The monoisotopic (exact) mass is 284 g/mol. The summed E-state index contributed by atoms with van der Waals surface area (Å²) in [7, 11) is 0. The zero-order chi connectivity index (χ0) is 14.3. The summed E-state index contributed by atoms with van der Waals surface area (Å²) in [6.45, 7) is -1.15. The van der Waals surface area contributed by atoms with E-state index in [0.29, 0.717) is 19.3 Å². The highest BCUT2D eigenvalue weighted by molar-refractivity contribution is 5.88. The molecule has 1 aromatic rings. The molecule has 0 spiro atoms. The van der Waals surface area contributed by atoms with Gasteiger partial charge in [-0.25, -0.2) is 0 Å². The SMILES string of the molecule is O=C([C@@H]1Cc2ccccc2N1)N(CC(F)(F)F)C1CC1. The number of fused-ring (bicyclic) bond motifs is 1. The van der Waals surface area contributed by atoms with E-state index in [-0.39, 0.29) is 6.04 Å². The third kappa shape index (κ3) is 2.73. The maximum atomic E-state index is 12.6. The van der Waals surface area contributed by atoms with Crippen LogP contribution in [0.5, 0.6) is 0 Å². The number of hydrogen-bond donors (Lipinski definition) is 1. The molecular formula is C14H15F3N2O. The number of rotatable bonds is 3. The topological polar surface area (TPSA) is 32.3 Å². The molecule has 3 rings (SSSR count). The largest absolute Gasteiger partial charge is 0.406 e. The fraction of sp³-hybridized carbons (Fsp3) is 0.500. The lowest BCUT2D eigenvalue weighted by Gasteiger charge is -2.26. The van der Waals surface area contributed by atoms with Gasteiger partial charge in [-0.15, -0.1) is 0 Å². The van der Waals surface area contributed by atoms with Crippen molar-refractivity contribution in [2.45, 2.75) is 37.5 Å². The van der Waals surface area contributed by atoms with Gasteiger partial charge in [0, 0.05) is 18.2 Å². The first-order chi connectivity index (χ1) is 9.44. The number of hydrogen-bond acceptors (Lipinski definition) is 2. The average Bonchev–Trinajstić information content (AvgIpc) is 3.12. The van der Waals surface area contributed by atoms with Gasteiger partial charge in [0.15, 0.2) is 0 Å². The summed E-state index contributed by atoms with van der Waals surface area (Å²) in [5.74, 6) is -0.443. The van der Waals surface area contributed by atoms with Crippen LogP contribution in [0.4, 0.5) is 18.9 Å². The zero-order valence-electron chi connectivity index (χ0n) is 10.8. The number of nitrogens with one attached hydrogen (secondary N) is 1. The Balaban J connectivity index is 1.72. The fourth-order valence-corrected chi connectivity index (χ4v) is 2.61. The lowest BCUT2D eigenvalue weighted by atomic mass is 10.1. The van der Waals surface area contributed by atoms with Crippen molar-refractivity contribution < 1.29 is 18.0 Å². The molecule has 6 heteroatoms. The zero-order valence-corrected chi connectivity index (χ0v) is 10.8. The Morgan fingerprint density at radius 3 is 2.60 bits per heavy atom. The summed E-state index contributed by atoms with van der Waals surface area (Å²) in [5.41, 5.74) is 1.82. The van der Waals surface area contributed by atoms with Crippen LogP contribution in [0.1, 0.15) is 18.4 Å². The van der Waals surface area contributed by atoms with Crippen LogP contribution in [-0.4, -0.2) is 35.6 Å². The molecule has 20 heavy (non-hydrogen) atoms. The molecule has 1 atom stereocenters. The second-order valence-electron chi connectivity index (χ2n) is 5.37. The van der Waals surface area contributed by atoms with E-state index in [0.717, 1.165) is 16.2 Å². The van der Waals surface area contributed by atoms with Gasteiger partial charge in [0.1, 0.15) is 12.6 Å². The first-order valence-corrected chi connectivity index (χ1v) is 6.66. The Bertz CT molecular complexity index is 500. The van der Waals surface area contributed by atoms with Gasteiger partial charge in [0.25, 0.3) is 0 Å². The van der Waals surface area contributed by atoms with Crippen LogP contribution in [0.3, 0.4) is 0 Å². The van der Waals surface area contributed by atoms with Gasteiger partial charge in [0.2, 0.25) is 5.91 Å². The highest BCUT2D eigenvalue weighted by Gasteiger charge is 2.43. The molecule has 0 unspecified atom stereocenters. The fourth-order valence-electron chi connectivity index (χ4n) is 2.61. The van der Waals surface area contributed by atoms with Crippen molar-refractivity contribution in [2.75, 3.05) is 11.9 Å². The Kier molecular flexibility index (Phi) is 3.11. The summed E-state index contributed by atoms with van der Waals surface area (Å²) in [6, 6.07) is 6.62. The molecule has 1 N–H and O–H groups in total. The van der Waals surface area contributed by atoms with Gasteiger partial charge in [-0.2, -0.15) is 13.2 Å². The highest BCUT2D eigenvalue weighted by Crippen LogP contribution is 2.33. The highest BCUT2D eigenvalue weighted by atomic mass is 19.4. The molecule has 1 fully saturated rings. The third-order valence-electron chi connectivity index (χ3n) is 3.69. The third-order valence-corrected chi connectivity index (χ3v) is 3.69. The molecule has 1 aromatic carbocycles. The Morgan fingerprint density at radius 1 is 1.30 bits per heavy atom. The van der Waals surface area contributed by atoms with Crippen molar-refractivity contribution in [3.8, 4) is 0 Å². The first-order valence-electron chi connectivity index (χ1n) is 6.66. The maximum absolute atomic E-state index is 12.6. The quantitative estimate of drug-likeness (QED) is 0.925. The maximum Gasteiger partial charge on any atom is 0.406 e. The molecule has 0 aromatic heterocycles. The lowest BCUT2D eigenvalue weighted by molar-refractivity contribution is -0.162. The molecule has 1 amide bonds. The summed E-state index contributed by atoms with van der Waals surface area (Å²) < 4.78 is 37.8. The van der Waals surface area contributed by atoms with Crippen molar-refractivity contribution >= 4 is 11.6 Å². The van der Waals surface area contributed by atoms with Gasteiger partial charge >= 0.3 is 6.18 Å². The minimum absolute atomic E-state index is 0.241. The number of para-hydroxylation sites is 1. The number of benzene rings is 1. The van der Waals surface area contributed by atoms with Crippen LogP contribution in [0.2, 0.25) is 0 Å². The molecule has 1 heterocycles. The number of carbonyl (C=O) groups is 1. The molecule has 3 nitrogen and oxygen atoms in total. The smallest absolute Gasteiger partial charge is 0.373 e. The molecule has 1 saturated carbocycles. The van der Waals surface area contributed by atoms with Crippen molar-refractivity contribution in [3.05, 3.63) is 29.8 Å². The van der Waals surface area contributed by atoms with Gasteiger partial charge in [-0.1, -0.05) is 18.2 Å². The van der Waals surface area contributed by atoms with Gasteiger partial charge in [-0.3, -0.25) is 4.79 Å². The molecular weight excluding hydrogens is 269 g/mol. The van der Waals surface area contributed by atoms with E-state index >= 15 is 0 Å². The van der Waals surface area contributed by atoms with Crippen LogP contribution >= 0.6 is 0 Å². The van der Waals surface area contributed by atoms with Crippen molar-refractivity contribution in [1.82, 2.24) is 4.90 Å². The minimum Gasteiger partial charge on any atom is -0.373 e. The Labute approximate surface area is 114 Å². The minimum atomic E-state index is -4.34.